The summed E-state index contributed by atoms with van der Waals surface area (Å²) in [6.45, 7) is 1.52. The second kappa shape index (κ2) is 17.3. The largest absolute Gasteiger partial charge is 0.510 e. The summed E-state index contributed by atoms with van der Waals surface area (Å²) in [5, 5.41) is 19.7. The molecule has 0 saturated heterocycles. The second-order valence-electron chi connectivity index (χ2n) is 6.52. The van der Waals surface area contributed by atoms with Gasteiger partial charge in [-0.3, -0.25) is 4.79 Å². The zero-order chi connectivity index (χ0) is 19.6. The van der Waals surface area contributed by atoms with Crippen LogP contribution < -0.4 is 5.09 Å². The van der Waals surface area contributed by atoms with Crippen LogP contribution in [-0.2, 0) is 14.2 Å². The van der Waals surface area contributed by atoms with Crippen LogP contribution in [-0.4, -0.2) is 34.4 Å². The Bertz CT molecular complexity index is 440. The Morgan fingerprint density at radius 2 is 1.50 bits per heavy atom. The van der Waals surface area contributed by atoms with Crippen LogP contribution >= 0.6 is 7.95 Å². The van der Waals surface area contributed by atoms with E-state index < -0.39 is 32.1 Å². The summed E-state index contributed by atoms with van der Waals surface area (Å²) in [6, 6.07) is -1.36. The first-order valence-electron chi connectivity index (χ1n) is 9.77. The van der Waals surface area contributed by atoms with E-state index >= 15 is 0 Å². The standard InChI is InChI=1S/C19H34NO5P/c1-2-3-4-5-6-7-8-9-10-11-12-13-14-15-18(22)26(25)20-17(16-21)19(23)24/h7-8,17,21H,2-6,9-16H2,1H3,(H-,20,23,24,25)/p+1/b8-7-. The molecule has 0 fully saturated rings. The third-order valence-corrected chi connectivity index (χ3v) is 5.36. The summed E-state index contributed by atoms with van der Waals surface area (Å²) in [5.41, 5.74) is -0.481. The lowest BCUT2D eigenvalue weighted by Gasteiger charge is -2.02. The van der Waals surface area contributed by atoms with Gasteiger partial charge in [-0.1, -0.05) is 62.7 Å². The van der Waals surface area contributed by atoms with E-state index in [4.69, 9.17) is 10.2 Å². The fraction of sp³-hybridized carbons (Fsp3) is 0.789. The van der Waals surface area contributed by atoms with Gasteiger partial charge in [-0.15, -0.1) is 0 Å². The number of allylic oxidation sites excluding steroid dienone is 2. The van der Waals surface area contributed by atoms with Gasteiger partial charge in [0.2, 0.25) is 0 Å². The Balaban J connectivity index is 3.57. The van der Waals surface area contributed by atoms with E-state index in [-0.39, 0.29) is 6.42 Å². The molecule has 0 bridgehead atoms. The first kappa shape index (κ1) is 24.9. The van der Waals surface area contributed by atoms with Gasteiger partial charge in [0.25, 0.3) is 0 Å². The van der Waals surface area contributed by atoms with Crippen molar-refractivity contribution in [3.8, 4) is 0 Å². The lowest BCUT2D eigenvalue weighted by Crippen LogP contribution is -2.36. The number of aliphatic hydroxyl groups is 1. The highest BCUT2D eigenvalue weighted by Gasteiger charge is 2.33. The summed E-state index contributed by atoms with van der Waals surface area (Å²) in [6.07, 6.45) is 17.0. The van der Waals surface area contributed by atoms with Crippen molar-refractivity contribution < 1.29 is 24.4 Å². The molecule has 26 heavy (non-hydrogen) atoms. The molecule has 2 atom stereocenters. The maximum Gasteiger partial charge on any atom is 0.510 e. The number of carbonyl (C=O) groups excluding carboxylic acids is 1. The van der Waals surface area contributed by atoms with E-state index in [1.54, 1.807) is 0 Å². The quantitative estimate of drug-likeness (QED) is 0.181. The van der Waals surface area contributed by atoms with Crippen LogP contribution in [0.25, 0.3) is 0 Å². The average Bonchev–Trinajstić information content (AvgIpc) is 2.62. The van der Waals surface area contributed by atoms with Gasteiger partial charge in [-0.05, 0) is 36.7 Å². The summed E-state index contributed by atoms with van der Waals surface area (Å²) in [5.74, 6) is -1.32. The number of aliphatic carboxylic acids is 1. The molecule has 0 amide bonds. The van der Waals surface area contributed by atoms with Gasteiger partial charge in [0, 0.05) is 0 Å². The number of nitrogens with one attached hydrogen (secondary N) is 1. The number of unbranched alkanes of at least 4 members (excludes halogenated alkanes) is 9. The molecular weight excluding hydrogens is 353 g/mol. The molecule has 0 heterocycles. The summed E-state index contributed by atoms with van der Waals surface area (Å²) < 4.78 is 11.7. The number of carboxylic acids is 1. The van der Waals surface area contributed by atoms with Gasteiger partial charge >= 0.3 is 19.4 Å². The second-order valence-corrected chi connectivity index (χ2v) is 7.86. The van der Waals surface area contributed by atoms with E-state index in [0.29, 0.717) is 6.42 Å². The zero-order valence-corrected chi connectivity index (χ0v) is 16.9. The van der Waals surface area contributed by atoms with Gasteiger partial charge in [0.05, 0.1) is 13.0 Å². The number of rotatable bonds is 18. The highest BCUT2D eigenvalue weighted by Crippen LogP contribution is 2.21. The van der Waals surface area contributed by atoms with Crippen LogP contribution in [0, 0.1) is 0 Å². The molecule has 0 aromatic heterocycles. The fourth-order valence-electron chi connectivity index (χ4n) is 2.48. The van der Waals surface area contributed by atoms with Crippen molar-refractivity contribution in [1.29, 1.82) is 0 Å². The fourth-order valence-corrected chi connectivity index (χ4v) is 3.46. The third-order valence-electron chi connectivity index (χ3n) is 4.13. The van der Waals surface area contributed by atoms with Crippen molar-refractivity contribution >= 4 is 19.4 Å². The van der Waals surface area contributed by atoms with E-state index in [2.05, 4.69) is 24.2 Å². The Morgan fingerprint density at radius 1 is 0.962 bits per heavy atom. The van der Waals surface area contributed by atoms with Gasteiger partial charge in [0.1, 0.15) is 0 Å². The molecular formula is C19H35NO5P+. The summed E-state index contributed by atoms with van der Waals surface area (Å²) >= 11 is 0. The molecule has 2 unspecified atom stereocenters. The van der Waals surface area contributed by atoms with Crippen molar-refractivity contribution in [2.24, 2.45) is 0 Å². The average molecular weight is 388 g/mol. The highest BCUT2D eigenvalue weighted by atomic mass is 31.1. The van der Waals surface area contributed by atoms with Crippen LogP contribution in [0.4, 0.5) is 0 Å². The minimum absolute atomic E-state index is 0.178. The van der Waals surface area contributed by atoms with Crippen molar-refractivity contribution in [2.45, 2.75) is 90.0 Å². The van der Waals surface area contributed by atoms with E-state index in [0.717, 1.165) is 32.1 Å². The zero-order valence-electron chi connectivity index (χ0n) is 16.0. The Hall–Kier alpha value is -1.10. The third kappa shape index (κ3) is 14.1. The predicted molar refractivity (Wildman–Crippen MR) is 104 cm³/mol. The molecule has 0 aromatic rings. The minimum atomic E-state index is -2.45. The Kier molecular flexibility index (Phi) is 16.6. The topological polar surface area (TPSA) is 104 Å². The van der Waals surface area contributed by atoms with Crippen LogP contribution in [0.3, 0.4) is 0 Å². The SMILES string of the molecule is CCCCCC/C=C\CCCCCCCC(=O)[P+](=O)NC(CO)C(=O)O. The van der Waals surface area contributed by atoms with Gasteiger partial charge in [-0.25, -0.2) is 4.79 Å². The highest BCUT2D eigenvalue weighted by molar-refractivity contribution is 7.61. The van der Waals surface area contributed by atoms with Crippen LogP contribution in [0.5, 0.6) is 0 Å². The number of hydrogen-bond donors (Lipinski definition) is 3. The first-order valence-corrected chi connectivity index (χ1v) is 11.0. The smallest absolute Gasteiger partial charge is 0.480 e. The van der Waals surface area contributed by atoms with Gasteiger partial charge in [-0.2, -0.15) is 0 Å². The Morgan fingerprint density at radius 3 is 2.04 bits per heavy atom. The van der Waals surface area contributed by atoms with Gasteiger partial charge in [0.15, 0.2) is 6.04 Å². The van der Waals surface area contributed by atoms with Crippen molar-refractivity contribution in [3.05, 3.63) is 12.2 Å². The lowest BCUT2D eigenvalue weighted by molar-refractivity contribution is -0.139. The summed E-state index contributed by atoms with van der Waals surface area (Å²) in [7, 11) is -2.45. The normalized spacial score (nSPS) is 13.1. The van der Waals surface area contributed by atoms with Crippen molar-refractivity contribution in [2.75, 3.05) is 6.61 Å². The van der Waals surface area contributed by atoms with Crippen LogP contribution in [0.1, 0.15) is 84.0 Å². The summed E-state index contributed by atoms with van der Waals surface area (Å²) in [4.78, 5) is 22.4. The number of hydrogen-bond acceptors (Lipinski definition) is 4. The maximum atomic E-state index is 11.7. The molecule has 0 aliphatic carbocycles. The molecule has 0 aliphatic rings. The van der Waals surface area contributed by atoms with E-state index in [1.165, 1.54) is 32.1 Å². The molecule has 0 rings (SSSR count). The molecule has 3 N–H and O–H groups in total. The molecule has 0 saturated carbocycles. The van der Waals surface area contributed by atoms with E-state index in [1.807, 2.05) is 0 Å². The molecule has 150 valence electrons. The Labute approximate surface area is 158 Å². The number of carboxylic acid groups (broad SMARTS) is 1. The molecule has 0 radical (unpaired) electrons. The lowest BCUT2D eigenvalue weighted by atomic mass is 10.1. The predicted octanol–water partition coefficient (Wildman–Crippen LogP) is 4.55. The molecule has 7 heteroatoms. The first-order chi connectivity index (χ1) is 12.5. The minimum Gasteiger partial charge on any atom is -0.480 e. The van der Waals surface area contributed by atoms with E-state index in [9.17, 15) is 14.2 Å². The monoisotopic (exact) mass is 388 g/mol. The maximum absolute atomic E-state index is 11.7. The van der Waals surface area contributed by atoms with Crippen LogP contribution in [0.2, 0.25) is 0 Å². The molecule has 0 aromatic carbocycles. The van der Waals surface area contributed by atoms with Crippen LogP contribution in [0.15, 0.2) is 12.2 Å². The molecule has 6 nitrogen and oxygen atoms in total. The molecule has 0 spiro atoms. The number of aliphatic hydroxyl groups excluding tert-OH is 1. The molecule has 0 aliphatic heterocycles. The van der Waals surface area contributed by atoms with Crippen molar-refractivity contribution in [1.82, 2.24) is 5.09 Å². The van der Waals surface area contributed by atoms with Gasteiger partial charge < -0.3 is 10.2 Å². The number of carbonyl (C=O) groups is 2. The van der Waals surface area contributed by atoms with Crippen molar-refractivity contribution in [3.63, 3.8) is 0 Å².